The number of hydrogen-bond acceptors (Lipinski definition) is 5. The molecule has 3 heterocycles. The number of morpholine rings is 1. The summed E-state index contributed by atoms with van der Waals surface area (Å²) in [4.78, 5) is 16.6. The smallest absolute Gasteiger partial charge is 0.194 e. The van der Waals surface area contributed by atoms with Gasteiger partial charge < -0.3 is 24.8 Å². The summed E-state index contributed by atoms with van der Waals surface area (Å²) in [5.41, 5.74) is 2.54. The number of para-hydroxylation sites is 1. The summed E-state index contributed by atoms with van der Waals surface area (Å²) in [7, 11) is 0. The standard InChI is InChI=1S/C23H32N6O.HI/c1-2-24-23(29-13-11-28(12-14-29)22-9-5-6-10-25-22)26-19-20-7-3-4-8-21(20)27-15-17-30-18-16-27;/h3-10H,2,11-19H2,1H3,(H,24,26);1H. The third-order valence-electron chi connectivity index (χ3n) is 5.63. The Morgan fingerprint density at radius 3 is 2.42 bits per heavy atom. The second kappa shape index (κ2) is 12.1. The van der Waals surface area contributed by atoms with Gasteiger partial charge >= 0.3 is 0 Å². The summed E-state index contributed by atoms with van der Waals surface area (Å²) in [6.07, 6.45) is 1.86. The van der Waals surface area contributed by atoms with Crippen molar-refractivity contribution in [2.45, 2.75) is 13.5 Å². The number of aromatic nitrogens is 1. The van der Waals surface area contributed by atoms with Crippen molar-refractivity contribution in [3.05, 3.63) is 54.2 Å². The number of hydrogen-bond donors (Lipinski definition) is 1. The van der Waals surface area contributed by atoms with Gasteiger partial charge in [-0.05, 0) is 30.7 Å². The number of nitrogens with zero attached hydrogens (tertiary/aromatic N) is 5. The molecule has 0 unspecified atom stereocenters. The molecule has 7 nitrogen and oxygen atoms in total. The molecule has 2 aliphatic heterocycles. The van der Waals surface area contributed by atoms with Crippen LogP contribution in [0.3, 0.4) is 0 Å². The highest BCUT2D eigenvalue weighted by Crippen LogP contribution is 2.22. The van der Waals surface area contributed by atoms with E-state index in [9.17, 15) is 0 Å². The number of ether oxygens (including phenoxy) is 1. The van der Waals surface area contributed by atoms with E-state index in [-0.39, 0.29) is 24.0 Å². The van der Waals surface area contributed by atoms with Crippen LogP contribution in [-0.2, 0) is 11.3 Å². The maximum absolute atomic E-state index is 5.52. The van der Waals surface area contributed by atoms with E-state index in [1.807, 2.05) is 18.3 Å². The van der Waals surface area contributed by atoms with Gasteiger partial charge in [-0.2, -0.15) is 0 Å². The van der Waals surface area contributed by atoms with Crippen LogP contribution in [0.15, 0.2) is 53.7 Å². The number of aliphatic imine (C=N–C) groups is 1. The van der Waals surface area contributed by atoms with E-state index in [4.69, 9.17) is 9.73 Å². The minimum Gasteiger partial charge on any atom is -0.378 e. The van der Waals surface area contributed by atoms with Crippen LogP contribution < -0.4 is 15.1 Å². The van der Waals surface area contributed by atoms with Crippen molar-refractivity contribution in [3.63, 3.8) is 0 Å². The van der Waals surface area contributed by atoms with Gasteiger partial charge in [-0.25, -0.2) is 9.98 Å². The van der Waals surface area contributed by atoms with Gasteiger partial charge in [0, 0.05) is 57.7 Å². The maximum atomic E-state index is 5.52. The Kier molecular flexibility index (Phi) is 9.20. The number of benzene rings is 1. The average Bonchev–Trinajstić information content (AvgIpc) is 2.83. The Morgan fingerprint density at radius 2 is 1.71 bits per heavy atom. The number of nitrogens with one attached hydrogen (secondary N) is 1. The molecule has 2 saturated heterocycles. The fourth-order valence-corrected chi connectivity index (χ4v) is 4.03. The Balaban J connectivity index is 0.00000272. The molecule has 0 bridgehead atoms. The molecule has 1 N–H and O–H groups in total. The van der Waals surface area contributed by atoms with Crippen LogP contribution in [0.1, 0.15) is 12.5 Å². The summed E-state index contributed by atoms with van der Waals surface area (Å²) in [5, 5.41) is 3.48. The van der Waals surface area contributed by atoms with E-state index < -0.39 is 0 Å². The van der Waals surface area contributed by atoms with Crippen LogP contribution in [0.5, 0.6) is 0 Å². The molecule has 0 aliphatic carbocycles. The molecule has 1 aromatic carbocycles. The molecule has 31 heavy (non-hydrogen) atoms. The first-order chi connectivity index (χ1) is 14.8. The Labute approximate surface area is 202 Å². The van der Waals surface area contributed by atoms with E-state index >= 15 is 0 Å². The van der Waals surface area contributed by atoms with Crippen molar-refractivity contribution >= 4 is 41.4 Å². The molecule has 0 amide bonds. The molecular weight excluding hydrogens is 503 g/mol. The largest absolute Gasteiger partial charge is 0.378 e. The van der Waals surface area contributed by atoms with Gasteiger partial charge in [-0.1, -0.05) is 24.3 Å². The molecule has 168 valence electrons. The van der Waals surface area contributed by atoms with Crippen molar-refractivity contribution in [3.8, 4) is 0 Å². The minimum atomic E-state index is 0. The lowest BCUT2D eigenvalue weighted by Crippen LogP contribution is -2.52. The summed E-state index contributed by atoms with van der Waals surface area (Å²) >= 11 is 0. The topological polar surface area (TPSA) is 56.2 Å². The summed E-state index contributed by atoms with van der Waals surface area (Å²) in [6.45, 7) is 10.9. The van der Waals surface area contributed by atoms with Crippen LogP contribution in [0.2, 0.25) is 0 Å². The Morgan fingerprint density at radius 1 is 0.968 bits per heavy atom. The van der Waals surface area contributed by atoms with Gasteiger partial charge in [-0.3, -0.25) is 0 Å². The molecule has 1 aromatic heterocycles. The zero-order valence-electron chi connectivity index (χ0n) is 18.2. The molecule has 0 atom stereocenters. The second-order valence-electron chi connectivity index (χ2n) is 7.56. The molecule has 0 radical (unpaired) electrons. The van der Waals surface area contributed by atoms with E-state index in [1.54, 1.807) is 0 Å². The van der Waals surface area contributed by atoms with Crippen LogP contribution in [0.25, 0.3) is 0 Å². The van der Waals surface area contributed by atoms with Gasteiger partial charge in [-0.15, -0.1) is 24.0 Å². The zero-order chi connectivity index (χ0) is 20.6. The first-order valence-corrected chi connectivity index (χ1v) is 10.9. The van der Waals surface area contributed by atoms with Gasteiger partial charge in [0.15, 0.2) is 5.96 Å². The average molecular weight is 536 g/mol. The molecule has 2 aliphatic rings. The van der Waals surface area contributed by atoms with Crippen molar-refractivity contribution in [2.75, 3.05) is 68.8 Å². The lowest BCUT2D eigenvalue weighted by molar-refractivity contribution is 0.122. The number of piperazine rings is 1. The van der Waals surface area contributed by atoms with Gasteiger partial charge in [0.1, 0.15) is 5.82 Å². The van der Waals surface area contributed by atoms with Crippen LogP contribution in [-0.4, -0.2) is 74.9 Å². The highest BCUT2D eigenvalue weighted by atomic mass is 127. The number of halogens is 1. The number of anilines is 2. The fourth-order valence-electron chi connectivity index (χ4n) is 4.03. The van der Waals surface area contributed by atoms with Gasteiger partial charge in [0.25, 0.3) is 0 Å². The third kappa shape index (κ3) is 6.22. The van der Waals surface area contributed by atoms with Crippen molar-refractivity contribution in [2.24, 2.45) is 4.99 Å². The first kappa shape index (κ1) is 23.6. The van der Waals surface area contributed by atoms with Crippen LogP contribution in [0, 0.1) is 0 Å². The Hall–Kier alpha value is -2.07. The summed E-state index contributed by atoms with van der Waals surface area (Å²) in [6, 6.07) is 14.7. The predicted molar refractivity (Wildman–Crippen MR) is 138 cm³/mol. The van der Waals surface area contributed by atoms with Crippen LogP contribution >= 0.6 is 24.0 Å². The van der Waals surface area contributed by atoms with E-state index in [2.05, 4.69) is 62.3 Å². The normalized spacial score (nSPS) is 17.3. The zero-order valence-corrected chi connectivity index (χ0v) is 20.6. The monoisotopic (exact) mass is 536 g/mol. The lowest BCUT2D eigenvalue weighted by atomic mass is 10.1. The minimum absolute atomic E-state index is 0. The van der Waals surface area contributed by atoms with Crippen molar-refractivity contribution < 1.29 is 4.74 Å². The number of guanidine groups is 1. The van der Waals surface area contributed by atoms with Crippen LogP contribution in [0.4, 0.5) is 11.5 Å². The molecule has 2 fully saturated rings. The van der Waals surface area contributed by atoms with Crippen molar-refractivity contribution in [1.82, 2.24) is 15.2 Å². The van der Waals surface area contributed by atoms with E-state index in [0.29, 0.717) is 6.54 Å². The highest BCUT2D eigenvalue weighted by molar-refractivity contribution is 14.0. The number of pyridine rings is 1. The molecule has 2 aromatic rings. The first-order valence-electron chi connectivity index (χ1n) is 10.9. The van der Waals surface area contributed by atoms with E-state index in [0.717, 1.165) is 70.8 Å². The van der Waals surface area contributed by atoms with E-state index in [1.165, 1.54) is 11.3 Å². The fraction of sp³-hybridized carbons (Fsp3) is 0.478. The number of rotatable bonds is 5. The highest BCUT2D eigenvalue weighted by Gasteiger charge is 2.21. The maximum Gasteiger partial charge on any atom is 0.194 e. The summed E-state index contributed by atoms with van der Waals surface area (Å²) < 4.78 is 5.52. The predicted octanol–water partition coefficient (Wildman–Crippen LogP) is 2.82. The summed E-state index contributed by atoms with van der Waals surface area (Å²) in [5.74, 6) is 2.05. The van der Waals surface area contributed by atoms with Gasteiger partial charge in [0.05, 0.1) is 19.8 Å². The second-order valence-corrected chi connectivity index (χ2v) is 7.56. The SMILES string of the molecule is CCNC(=NCc1ccccc1N1CCOCC1)N1CCN(c2ccccn2)CC1.I. The lowest BCUT2D eigenvalue weighted by Gasteiger charge is -2.37. The van der Waals surface area contributed by atoms with Crippen molar-refractivity contribution in [1.29, 1.82) is 0 Å². The molecule has 8 heteroatoms. The molecular formula is C23H33IN6O. The van der Waals surface area contributed by atoms with Gasteiger partial charge in [0.2, 0.25) is 0 Å². The Bertz CT molecular complexity index is 820. The third-order valence-corrected chi connectivity index (χ3v) is 5.63. The molecule has 4 rings (SSSR count). The molecule has 0 spiro atoms. The molecule has 0 saturated carbocycles. The quantitative estimate of drug-likeness (QED) is 0.361.